The molecular weight excluding hydrogens is 294 g/mol. The molecule has 1 fully saturated rings. The van der Waals surface area contributed by atoms with Crippen molar-refractivity contribution in [3.8, 4) is 0 Å². The lowest BCUT2D eigenvalue weighted by Crippen LogP contribution is -2.43. The summed E-state index contributed by atoms with van der Waals surface area (Å²) in [5, 5.41) is 12.3. The highest BCUT2D eigenvalue weighted by Crippen LogP contribution is 2.31. The minimum Gasteiger partial charge on any atom is -0.386 e. The highest BCUT2D eigenvalue weighted by atomic mass is 19.4. The molecule has 0 radical (unpaired) electrons. The van der Waals surface area contributed by atoms with E-state index in [9.17, 15) is 27.5 Å². The van der Waals surface area contributed by atoms with Crippen molar-refractivity contribution in [1.82, 2.24) is 5.32 Å². The van der Waals surface area contributed by atoms with E-state index >= 15 is 0 Å². The Hall–Kier alpha value is -1.67. The van der Waals surface area contributed by atoms with Crippen LogP contribution < -0.4 is 5.32 Å². The minimum absolute atomic E-state index is 0.0461. The number of ether oxygens (including phenoxy) is 1. The molecule has 0 aromatic heterocycles. The Morgan fingerprint density at radius 2 is 2.14 bits per heavy atom. The van der Waals surface area contributed by atoms with Gasteiger partial charge >= 0.3 is 6.18 Å². The summed E-state index contributed by atoms with van der Waals surface area (Å²) in [4.78, 5) is 11.8. The van der Waals surface area contributed by atoms with Crippen LogP contribution in [0, 0.1) is 5.82 Å². The van der Waals surface area contributed by atoms with Gasteiger partial charge in [-0.15, -0.1) is 0 Å². The molecule has 1 atom stereocenters. The predicted molar refractivity (Wildman–Crippen MR) is 64.1 cm³/mol. The normalized spacial score (nSPS) is 22.3. The van der Waals surface area contributed by atoms with Crippen molar-refractivity contribution < 1.29 is 32.2 Å². The molecule has 2 N–H and O–H groups in total. The fourth-order valence-electron chi connectivity index (χ4n) is 1.97. The van der Waals surface area contributed by atoms with E-state index in [1.54, 1.807) is 0 Å². The molecule has 1 aliphatic rings. The summed E-state index contributed by atoms with van der Waals surface area (Å²) >= 11 is 0. The van der Waals surface area contributed by atoms with E-state index < -0.39 is 29.1 Å². The number of rotatable bonds is 3. The van der Waals surface area contributed by atoms with Gasteiger partial charge in [0.15, 0.2) is 0 Å². The highest BCUT2D eigenvalue weighted by Gasteiger charge is 2.35. The third-order valence-corrected chi connectivity index (χ3v) is 3.19. The topological polar surface area (TPSA) is 58.6 Å². The van der Waals surface area contributed by atoms with E-state index in [0.717, 1.165) is 6.07 Å². The van der Waals surface area contributed by atoms with Crippen molar-refractivity contribution in [3.63, 3.8) is 0 Å². The molecule has 4 nitrogen and oxygen atoms in total. The second kappa shape index (κ2) is 5.61. The summed E-state index contributed by atoms with van der Waals surface area (Å²) in [6, 6.07) is 1.99. The molecule has 1 unspecified atom stereocenters. The zero-order valence-electron chi connectivity index (χ0n) is 10.8. The van der Waals surface area contributed by atoms with Gasteiger partial charge in [0, 0.05) is 25.1 Å². The van der Waals surface area contributed by atoms with Gasteiger partial charge in [0.1, 0.15) is 11.4 Å². The fourth-order valence-corrected chi connectivity index (χ4v) is 1.97. The molecule has 1 aliphatic heterocycles. The average molecular weight is 307 g/mol. The second-order valence-electron chi connectivity index (χ2n) is 4.90. The number of carbonyl (C=O) groups excluding carboxylic acids is 1. The predicted octanol–water partition coefficient (Wildman–Crippen LogP) is 1.73. The van der Waals surface area contributed by atoms with Crippen LogP contribution in [0.2, 0.25) is 0 Å². The number of amides is 1. The van der Waals surface area contributed by atoms with Crippen LogP contribution in [-0.2, 0) is 10.9 Å². The molecule has 1 heterocycles. The van der Waals surface area contributed by atoms with Crippen molar-refractivity contribution >= 4 is 5.91 Å². The van der Waals surface area contributed by atoms with Gasteiger partial charge in [0.05, 0.1) is 12.2 Å². The van der Waals surface area contributed by atoms with Crippen molar-refractivity contribution in [2.24, 2.45) is 0 Å². The summed E-state index contributed by atoms with van der Waals surface area (Å²) in [5.41, 5.74) is -3.05. The molecule has 0 aliphatic carbocycles. The molecular formula is C13H13F4NO3. The molecule has 1 saturated heterocycles. The van der Waals surface area contributed by atoms with Gasteiger partial charge in [-0.3, -0.25) is 4.79 Å². The number of hydrogen-bond acceptors (Lipinski definition) is 3. The Labute approximate surface area is 117 Å². The minimum atomic E-state index is -4.88. The first-order valence-electron chi connectivity index (χ1n) is 6.16. The molecule has 8 heteroatoms. The van der Waals surface area contributed by atoms with E-state index in [4.69, 9.17) is 4.74 Å². The SMILES string of the molecule is O=C(NCC1(O)CCOC1)c1ccc(F)c(C(F)(F)F)c1. The molecule has 2 rings (SSSR count). The molecule has 1 amide bonds. The number of hydrogen-bond donors (Lipinski definition) is 2. The highest BCUT2D eigenvalue weighted by molar-refractivity contribution is 5.94. The third kappa shape index (κ3) is 3.70. The number of alkyl halides is 3. The monoisotopic (exact) mass is 307 g/mol. The number of carbonyl (C=O) groups is 1. The molecule has 21 heavy (non-hydrogen) atoms. The van der Waals surface area contributed by atoms with E-state index in [1.807, 2.05) is 0 Å². The van der Waals surface area contributed by atoms with Crippen LogP contribution in [0.1, 0.15) is 22.3 Å². The lowest BCUT2D eigenvalue weighted by Gasteiger charge is -2.20. The molecule has 0 bridgehead atoms. The van der Waals surface area contributed by atoms with Crippen molar-refractivity contribution in [3.05, 3.63) is 35.1 Å². The summed E-state index contributed by atoms with van der Waals surface area (Å²) in [6.45, 7) is 0.246. The van der Waals surface area contributed by atoms with Gasteiger partial charge in [-0.1, -0.05) is 0 Å². The van der Waals surface area contributed by atoms with Crippen molar-refractivity contribution in [1.29, 1.82) is 0 Å². The van der Waals surface area contributed by atoms with Crippen LogP contribution in [0.15, 0.2) is 18.2 Å². The quantitative estimate of drug-likeness (QED) is 0.836. The smallest absolute Gasteiger partial charge is 0.386 e. The largest absolute Gasteiger partial charge is 0.419 e. The number of benzene rings is 1. The molecule has 1 aromatic rings. The van der Waals surface area contributed by atoms with Crippen LogP contribution in [0.3, 0.4) is 0 Å². The molecule has 1 aromatic carbocycles. The summed E-state index contributed by atoms with van der Waals surface area (Å²) in [7, 11) is 0. The summed E-state index contributed by atoms with van der Waals surface area (Å²) in [6.07, 6.45) is -4.55. The molecule has 0 saturated carbocycles. The first-order chi connectivity index (χ1) is 9.71. The maximum Gasteiger partial charge on any atom is 0.419 e. The van der Waals surface area contributed by atoms with E-state index in [1.165, 1.54) is 0 Å². The Morgan fingerprint density at radius 3 is 2.71 bits per heavy atom. The standard InChI is InChI=1S/C13H13F4NO3/c14-10-2-1-8(5-9(10)13(15,16)17)11(19)18-6-12(20)3-4-21-7-12/h1-2,5,20H,3-4,6-7H2,(H,18,19). The van der Waals surface area contributed by atoms with Gasteiger partial charge in [0.25, 0.3) is 5.91 Å². The maximum atomic E-state index is 13.1. The maximum absolute atomic E-state index is 13.1. The van der Waals surface area contributed by atoms with Crippen LogP contribution in [0.4, 0.5) is 17.6 Å². The third-order valence-electron chi connectivity index (χ3n) is 3.19. The lowest BCUT2D eigenvalue weighted by atomic mass is 10.0. The first kappa shape index (κ1) is 15.7. The zero-order chi connectivity index (χ0) is 15.7. The summed E-state index contributed by atoms with van der Waals surface area (Å²) < 4.78 is 55.8. The molecule has 116 valence electrons. The lowest BCUT2D eigenvalue weighted by molar-refractivity contribution is -0.140. The second-order valence-corrected chi connectivity index (χ2v) is 4.90. The number of aliphatic hydroxyl groups is 1. The van der Waals surface area contributed by atoms with Crippen LogP contribution >= 0.6 is 0 Å². The van der Waals surface area contributed by atoms with E-state index in [0.29, 0.717) is 25.2 Å². The van der Waals surface area contributed by atoms with Crippen LogP contribution in [0.5, 0.6) is 0 Å². The van der Waals surface area contributed by atoms with Gasteiger partial charge in [-0.25, -0.2) is 4.39 Å². The summed E-state index contributed by atoms with van der Waals surface area (Å²) in [5.74, 6) is -2.26. The number of halogens is 4. The fraction of sp³-hybridized carbons (Fsp3) is 0.462. The molecule has 0 spiro atoms. The van der Waals surface area contributed by atoms with Gasteiger partial charge in [-0.05, 0) is 18.2 Å². The average Bonchev–Trinajstić information content (AvgIpc) is 2.83. The van der Waals surface area contributed by atoms with Crippen LogP contribution in [-0.4, -0.2) is 36.4 Å². The Morgan fingerprint density at radius 1 is 1.43 bits per heavy atom. The van der Waals surface area contributed by atoms with E-state index in [2.05, 4.69) is 5.32 Å². The van der Waals surface area contributed by atoms with Crippen molar-refractivity contribution in [2.45, 2.75) is 18.2 Å². The Bertz CT molecular complexity index is 539. The van der Waals surface area contributed by atoms with Gasteiger partial charge in [-0.2, -0.15) is 13.2 Å². The van der Waals surface area contributed by atoms with Crippen LogP contribution in [0.25, 0.3) is 0 Å². The Balaban J connectivity index is 2.09. The van der Waals surface area contributed by atoms with Gasteiger partial charge < -0.3 is 15.2 Å². The van der Waals surface area contributed by atoms with Gasteiger partial charge in [0.2, 0.25) is 0 Å². The Kier molecular flexibility index (Phi) is 4.20. The first-order valence-corrected chi connectivity index (χ1v) is 6.16. The van der Waals surface area contributed by atoms with Crippen molar-refractivity contribution in [2.75, 3.05) is 19.8 Å². The van der Waals surface area contributed by atoms with E-state index in [-0.39, 0.29) is 18.7 Å². The number of nitrogens with one attached hydrogen (secondary N) is 1. The zero-order valence-corrected chi connectivity index (χ0v) is 10.8.